The first-order valence-electron chi connectivity index (χ1n) is 20.2. The van der Waals surface area contributed by atoms with Crippen molar-refractivity contribution in [2.24, 2.45) is 46.2 Å². The summed E-state index contributed by atoms with van der Waals surface area (Å²) in [6.45, 7) is 6.21. The molecule has 1 amide bonds. The van der Waals surface area contributed by atoms with Gasteiger partial charge in [0, 0.05) is 53.7 Å². The van der Waals surface area contributed by atoms with Gasteiger partial charge in [0.05, 0.1) is 31.5 Å². The van der Waals surface area contributed by atoms with Crippen molar-refractivity contribution in [3.8, 4) is 0 Å². The number of esters is 2. The number of nitrogens with two attached hydrogens (primary N) is 1. The number of aliphatic hydroxyl groups excluding tert-OH is 1. The number of ether oxygens (including phenoxy) is 2. The zero-order chi connectivity index (χ0) is 40.5. The molecule has 0 radical (unpaired) electrons. The maximum atomic E-state index is 13.7. The molecule has 9 atom stereocenters. The lowest BCUT2D eigenvalue weighted by atomic mass is 9.46. The van der Waals surface area contributed by atoms with Crippen LogP contribution in [0.25, 0.3) is 10.8 Å². The fourth-order valence-electron chi connectivity index (χ4n) is 11.0. The van der Waals surface area contributed by atoms with Crippen LogP contribution in [0.5, 0.6) is 0 Å². The van der Waals surface area contributed by atoms with Gasteiger partial charge in [-0.3, -0.25) is 29.0 Å². The van der Waals surface area contributed by atoms with Gasteiger partial charge in [0.1, 0.15) is 6.61 Å². The number of amides is 1. The Hall–Kier alpha value is -5.00. The average molecular weight is 776 g/mol. The van der Waals surface area contributed by atoms with Crippen LogP contribution < -0.4 is 11.1 Å². The van der Waals surface area contributed by atoms with Gasteiger partial charge in [-0.2, -0.15) is 0 Å². The Morgan fingerprint density at radius 2 is 1.77 bits per heavy atom. The number of carbonyl (C=O) groups is 5. The maximum absolute atomic E-state index is 13.7. The number of ketones is 2. The zero-order valence-corrected chi connectivity index (χ0v) is 32.9. The molecular weight excluding hydrogens is 723 g/mol. The largest absolute Gasteiger partial charge is 0.465 e. The second kappa shape index (κ2) is 16.5. The standard InChI is InChI=1S/C46H53N3O8/c1-27-20-37-35-11-9-32-22-34(50)14-17-45(32,2)43(35)38(51)23-46(37,3)42(27)39(52)26-57-41(54)13-12-40(53)56-19-16-28-4-6-29(7-5-28)36(24-47)44(55)49-33-10-8-31-25-48-18-15-30(31)21-33/h4-8,10,14-15,17-18,21-22,25,27,35-38,42-43,51H,9,11-13,16,19-20,23-24,26,47H2,1-3H3,(H,49,55)/t27-,35+,36?,37?,38+,42-,43?,45+,46+/m1/s1. The van der Waals surface area contributed by atoms with Crippen molar-refractivity contribution in [2.45, 2.75) is 77.7 Å². The molecular formula is C46H53N3O8. The summed E-state index contributed by atoms with van der Waals surface area (Å²) in [4.78, 5) is 68.2. The van der Waals surface area contributed by atoms with Gasteiger partial charge in [-0.25, -0.2) is 0 Å². The number of hydrogen-bond donors (Lipinski definition) is 3. The molecule has 0 saturated heterocycles. The van der Waals surface area contributed by atoms with Gasteiger partial charge >= 0.3 is 11.9 Å². The van der Waals surface area contributed by atoms with Crippen molar-refractivity contribution in [3.05, 3.63) is 95.9 Å². The normalized spacial score (nSPS) is 29.4. The molecule has 300 valence electrons. The van der Waals surface area contributed by atoms with Gasteiger partial charge in [-0.15, -0.1) is 0 Å². The summed E-state index contributed by atoms with van der Waals surface area (Å²) < 4.78 is 10.8. The highest BCUT2D eigenvalue weighted by Crippen LogP contribution is 2.67. The molecule has 3 fully saturated rings. The SMILES string of the molecule is C[C@@H]1CC2[C@@H]3CCC4=CC(=O)C=C[C@]4(C)C3[C@@H](O)C[C@]2(C)[C@H]1C(=O)COC(=O)CCC(=O)OCCc1ccc(C(CN)C(=O)Nc2ccc3cnccc3c2)cc1. The van der Waals surface area contributed by atoms with Gasteiger partial charge in [-0.05, 0) is 95.7 Å². The number of aromatic nitrogens is 1. The van der Waals surface area contributed by atoms with Crippen molar-refractivity contribution in [1.82, 2.24) is 4.98 Å². The third kappa shape index (κ3) is 8.09. The molecule has 57 heavy (non-hydrogen) atoms. The van der Waals surface area contributed by atoms with Gasteiger partial charge in [0.2, 0.25) is 5.91 Å². The summed E-state index contributed by atoms with van der Waals surface area (Å²) in [6.07, 6.45) is 11.3. The molecule has 3 unspecified atom stereocenters. The molecule has 0 aliphatic heterocycles. The van der Waals surface area contributed by atoms with Crippen LogP contribution in [-0.2, 0) is 39.9 Å². The van der Waals surface area contributed by atoms with Gasteiger partial charge < -0.3 is 25.6 Å². The van der Waals surface area contributed by atoms with E-state index in [9.17, 15) is 29.1 Å². The Morgan fingerprint density at radius 3 is 2.53 bits per heavy atom. The first-order valence-corrected chi connectivity index (χ1v) is 20.2. The summed E-state index contributed by atoms with van der Waals surface area (Å²) >= 11 is 0. The highest BCUT2D eigenvalue weighted by atomic mass is 16.5. The zero-order valence-electron chi connectivity index (χ0n) is 32.9. The number of benzene rings is 2. The number of rotatable bonds is 13. The van der Waals surface area contributed by atoms with Crippen molar-refractivity contribution in [1.29, 1.82) is 0 Å². The minimum Gasteiger partial charge on any atom is -0.465 e. The van der Waals surface area contributed by atoms with Crippen LogP contribution >= 0.6 is 0 Å². The summed E-state index contributed by atoms with van der Waals surface area (Å²) in [5.41, 5.74) is 8.63. The fourth-order valence-corrected chi connectivity index (χ4v) is 11.0. The van der Waals surface area contributed by atoms with Crippen LogP contribution in [0, 0.1) is 40.4 Å². The second-order valence-electron chi connectivity index (χ2n) is 17.0. The number of pyridine rings is 1. The van der Waals surface area contributed by atoms with Crippen molar-refractivity contribution in [2.75, 3.05) is 25.1 Å². The molecule has 0 bridgehead atoms. The van der Waals surface area contributed by atoms with Crippen LogP contribution in [0.1, 0.15) is 76.3 Å². The van der Waals surface area contributed by atoms with Crippen LogP contribution in [0.3, 0.4) is 0 Å². The topological polar surface area (TPSA) is 175 Å². The number of anilines is 1. The first kappa shape index (κ1) is 40.2. The van der Waals surface area contributed by atoms with Crippen molar-refractivity contribution >= 4 is 45.9 Å². The second-order valence-corrected chi connectivity index (χ2v) is 17.0. The molecule has 1 heterocycles. The predicted octanol–water partition coefficient (Wildman–Crippen LogP) is 6.03. The van der Waals surface area contributed by atoms with E-state index in [1.165, 1.54) is 0 Å². The number of fused-ring (bicyclic) bond motifs is 6. The van der Waals surface area contributed by atoms with Crippen LogP contribution in [0.15, 0.2) is 84.7 Å². The number of nitrogens with zero attached hydrogens (tertiary/aromatic N) is 1. The summed E-state index contributed by atoms with van der Waals surface area (Å²) in [5, 5.41) is 16.6. The Kier molecular flexibility index (Phi) is 11.6. The third-order valence-electron chi connectivity index (χ3n) is 13.6. The van der Waals surface area contributed by atoms with E-state index in [0.29, 0.717) is 18.5 Å². The molecule has 7 rings (SSSR count). The molecule has 3 aromatic rings. The summed E-state index contributed by atoms with van der Waals surface area (Å²) in [6, 6.07) is 14.9. The highest BCUT2D eigenvalue weighted by Gasteiger charge is 2.64. The highest BCUT2D eigenvalue weighted by molar-refractivity contribution is 6.01. The van der Waals surface area contributed by atoms with E-state index in [1.54, 1.807) is 24.5 Å². The molecule has 1 aromatic heterocycles. The lowest BCUT2D eigenvalue weighted by Gasteiger charge is -2.58. The molecule has 2 aromatic carbocycles. The quantitative estimate of drug-likeness (QED) is 0.174. The minimum absolute atomic E-state index is 0.000165. The minimum atomic E-state index is -0.637. The maximum Gasteiger partial charge on any atom is 0.306 e. The Morgan fingerprint density at radius 1 is 1.02 bits per heavy atom. The van der Waals surface area contributed by atoms with Crippen molar-refractivity contribution < 1.29 is 38.6 Å². The van der Waals surface area contributed by atoms with E-state index in [1.807, 2.05) is 54.6 Å². The van der Waals surface area contributed by atoms with Crippen LogP contribution in [0.4, 0.5) is 5.69 Å². The van der Waals surface area contributed by atoms with E-state index in [4.69, 9.17) is 15.2 Å². The Labute approximate surface area is 333 Å². The lowest BCUT2D eigenvalue weighted by Crippen LogP contribution is -2.56. The van der Waals surface area contributed by atoms with Crippen LogP contribution in [0.2, 0.25) is 0 Å². The van der Waals surface area contributed by atoms with E-state index in [2.05, 4.69) is 31.1 Å². The number of allylic oxidation sites excluding steroid dienone is 4. The smallest absolute Gasteiger partial charge is 0.306 e. The van der Waals surface area contributed by atoms with E-state index >= 15 is 0 Å². The fraction of sp³-hybridized carbons (Fsp3) is 0.478. The molecule has 0 spiro atoms. The molecule has 11 heteroatoms. The summed E-state index contributed by atoms with van der Waals surface area (Å²) in [5.74, 6) is -1.94. The number of nitrogens with one attached hydrogen (secondary N) is 1. The first-order chi connectivity index (χ1) is 27.3. The number of aliphatic hydroxyl groups is 1. The molecule has 4 aliphatic carbocycles. The molecule has 4 N–H and O–H groups in total. The van der Waals surface area contributed by atoms with Gasteiger partial charge in [0.15, 0.2) is 11.6 Å². The predicted molar refractivity (Wildman–Crippen MR) is 215 cm³/mol. The van der Waals surface area contributed by atoms with E-state index in [0.717, 1.165) is 46.7 Å². The number of hydrogen-bond acceptors (Lipinski definition) is 10. The molecule has 4 aliphatic rings. The third-order valence-corrected chi connectivity index (χ3v) is 13.6. The van der Waals surface area contributed by atoms with Crippen LogP contribution in [-0.4, -0.2) is 65.4 Å². The summed E-state index contributed by atoms with van der Waals surface area (Å²) in [7, 11) is 0. The van der Waals surface area contributed by atoms with E-state index < -0.39 is 29.4 Å². The van der Waals surface area contributed by atoms with Gasteiger partial charge in [0.25, 0.3) is 0 Å². The average Bonchev–Trinajstić information content (AvgIpc) is 3.46. The van der Waals surface area contributed by atoms with Gasteiger partial charge in [-0.1, -0.05) is 62.8 Å². The molecule has 11 nitrogen and oxygen atoms in total. The number of carbonyl (C=O) groups excluding carboxylic acids is 5. The van der Waals surface area contributed by atoms with Crippen molar-refractivity contribution in [3.63, 3.8) is 0 Å². The van der Waals surface area contributed by atoms with E-state index in [-0.39, 0.29) is 85.1 Å². The monoisotopic (exact) mass is 775 g/mol. The lowest BCUT2D eigenvalue weighted by molar-refractivity contribution is -0.155. The molecule has 3 saturated carbocycles. The Balaban J connectivity index is 0.840. The number of Topliss-reactive ketones (excluding diaryl/α,β-unsaturated/α-hetero) is 1. The Bertz CT molecular complexity index is 2110.